The first-order chi connectivity index (χ1) is 31.7. The normalized spacial score (nSPS) is 12.2. The Hall–Kier alpha value is -6.84. The van der Waals surface area contributed by atoms with Crippen LogP contribution in [0, 0.1) is 128 Å². The number of rotatable bonds is 9. The van der Waals surface area contributed by atoms with E-state index >= 15 is 35.1 Å². The zero-order valence-corrected chi connectivity index (χ0v) is 34.2. The van der Waals surface area contributed by atoms with E-state index in [2.05, 4.69) is 11.2 Å². The first kappa shape index (κ1) is 52.1. The molecule has 0 saturated heterocycles. The Labute approximate surface area is 369 Å². The molecule has 3 nitrogen and oxygen atoms in total. The van der Waals surface area contributed by atoms with Gasteiger partial charge in [-0.2, -0.15) is 0 Å². The van der Waals surface area contributed by atoms with Gasteiger partial charge in [0.25, 0.3) is 0 Å². The molecular weight excluding hydrogens is 987 g/mol. The summed E-state index contributed by atoms with van der Waals surface area (Å²) in [5.41, 5.74) is -13.0. The van der Waals surface area contributed by atoms with Gasteiger partial charge in [-0.05, 0) is 49.2 Å². The molecule has 0 aliphatic rings. The molecule has 6 aromatic carbocycles. The maximum absolute atomic E-state index is 15.4. The van der Waals surface area contributed by atoms with Crippen LogP contribution < -0.4 is 26.6 Å². The van der Waals surface area contributed by atoms with Crippen molar-refractivity contribution >= 4 is 43.7 Å². The van der Waals surface area contributed by atoms with Crippen molar-refractivity contribution < 1.29 is 102 Å². The summed E-state index contributed by atoms with van der Waals surface area (Å²) in [7, 11) is -2.54. The second kappa shape index (κ2) is 19.8. The summed E-state index contributed by atoms with van der Waals surface area (Å²) in [5, 5.41) is 2.74. The molecule has 1 unspecified atom stereocenters. The highest BCUT2D eigenvalue weighted by Gasteiger charge is 2.52. The molecule has 0 aromatic heterocycles. The Morgan fingerprint density at radius 2 is 0.735 bits per heavy atom. The molecule has 0 spiro atoms. The Kier molecular flexibility index (Phi) is 15.2. The third-order valence-electron chi connectivity index (χ3n) is 9.79. The summed E-state index contributed by atoms with van der Waals surface area (Å²) in [6.07, 6.45) is -5.69. The van der Waals surface area contributed by atoms with E-state index in [-0.39, 0.29) is 11.5 Å². The lowest BCUT2D eigenvalue weighted by atomic mass is 9.12. The van der Waals surface area contributed by atoms with Gasteiger partial charge in [-0.25, -0.2) is 87.8 Å². The van der Waals surface area contributed by atoms with E-state index in [0.717, 1.165) is 5.56 Å². The smallest absolute Gasteiger partial charge is 0.212 e. The number of ether oxygens (including phenoxy) is 1. The largest absolute Gasteiger partial charge is 0.494 e. The van der Waals surface area contributed by atoms with Crippen LogP contribution >= 0.6 is 0 Å². The lowest BCUT2D eigenvalue weighted by Crippen LogP contribution is -2.81. The fourth-order valence-electron chi connectivity index (χ4n) is 6.84. The highest BCUT2D eigenvalue weighted by molar-refractivity contribution is 8.07. The minimum Gasteiger partial charge on any atom is -0.494 e. The molecule has 0 heterocycles. The van der Waals surface area contributed by atoms with Crippen LogP contribution in [0.1, 0.15) is 22.8 Å². The molecule has 25 heteroatoms. The highest BCUT2D eigenvalue weighted by Crippen LogP contribution is 2.31. The highest BCUT2D eigenvalue weighted by atomic mass is 32.2. The van der Waals surface area contributed by atoms with Crippen molar-refractivity contribution in [1.29, 1.82) is 0 Å². The van der Waals surface area contributed by atoms with Crippen LogP contribution in [0.4, 0.5) is 87.8 Å². The minimum atomic E-state index is -7.22. The predicted molar refractivity (Wildman–Crippen MR) is 203 cm³/mol. The molecular formula is C43H19BF20O3S. The van der Waals surface area contributed by atoms with Gasteiger partial charge in [0.1, 0.15) is 64.7 Å². The summed E-state index contributed by atoms with van der Waals surface area (Å²) >= 11 is 0. The van der Waals surface area contributed by atoms with Crippen molar-refractivity contribution in [3.63, 3.8) is 0 Å². The number of halogens is 20. The standard InChI is InChI=1S/C24BF20.C19H19O3S/c26-5-1(6(27)14(35)21(42)13(5)34)25(2-7(28)15(36)22(43)16(37)8(2)29,3-9(30)17(38)23(44)18(39)10(3)31)4-11(32)19(40)24(45)20(41)12(4)33;1-3-22-18-11-9-17(10-12-18)19(20)15-23(2,21)14-13-16-7-5-4-6-8-16/h;4-12H,3,15H2,1-2H3/q-1;+1. The molecule has 0 N–H and O–H groups in total. The first-order valence-corrected chi connectivity index (χ1v) is 20.4. The SMILES string of the molecule is CCOc1ccc(C(=O)C[S+](C)(=O)C#Cc2ccccc2)cc1.Fc1c(F)c(F)c([B-](c2c(F)c(F)c(F)c(F)c2F)(c2c(F)c(F)c(F)c(F)c2F)c2c(F)c(F)c(F)c(F)c2F)c(F)c1F. The molecule has 358 valence electrons. The number of hydrogen-bond acceptors (Lipinski definition) is 3. The Balaban J connectivity index is 0.000000314. The van der Waals surface area contributed by atoms with E-state index in [1.807, 2.05) is 37.3 Å². The van der Waals surface area contributed by atoms with Gasteiger partial charge < -0.3 is 4.74 Å². The zero-order chi connectivity index (χ0) is 51.1. The van der Waals surface area contributed by atoms with Crippen LogP contribution in [0.2, 0.25) is 0 Å². The Bertz CT molecular complexity index is 2740. The minimum absolute atomic E-state index is 0.0825. The van der Waals surface area contributed by atoms with E-state index in [1.165, 1.54) is 6.26 Å². The van der Waals surface area contributed by atoms with Crippen molar-refractivity contribution in [2.24, 2.45) is 0 Å². The van der Waals surface area contributed by atoms with E-state index in [1.54, 1.807) is 24.3 Å². The molecule has 6 rings (SSSR count). The molecule has 0 bridgehead atoms. The Morgan fingerprint density at radius 3 is 1.01 bits per heavy atom. The zero-order valence-electron chi connectivity index (χ0n) is 33.4. The summed E-state index contributed by atoms with van der Waals surface area (Å²) in [4.78, 5) is 12.3. The lowest BCUT2D eigenvalue weighted by Gasteiger charge is -2.44. The van der Waals surface area contributed by atoms with Crippen LogP contribution in [-0.4, -0.2) is 30.5 Å². The molecule has 0 aliphatic carbocycles. The topological polar surface area (TPSA) is 43.4 Å². The molecule has 0 saturated carbocycles. The van der Waals surface area contributed by atoms with Crippen molar-refractivity contribution in [2.45, 2.75) is 6.92 Å². The lowest BCUT2D eigenvalue weighted by molar-refractivity contribution is 0.102. The second-order valence-corrected chi connectivity index (χ2v) is 16.4. The molecule has 1 atom stereocenters. The third-order valence-corrected chi connectivity index (χ3v) is 11.1. The van der Waals surface area contributed by atoms with Gasteiger partial charge in [0.05, 0.1) is 6.61 Å². The van der Waals surface area contributed by atoms with E-state index in [0.29, 0.717) is 17.9 Å². The number of ketones is 1. The second-order valence-electron chi connectivity index (χ2n) is 13.9. The van der Waals surface area contributed by atoms with E-state index < -0.39 is 154 Å². The molecule has 0 radical (unpaired) electrons. The predicted octanol–water partition coefficient (Wildman–Crippen LogP) is 9.25. The van der Waals surface area contributed by atoms with Crippen LogP contribution in [-0.2, 0) is 14.1 Å². The summed E-state index contributed by atoms with van der Waals surface area (Å²) in [6.45, 7) is 2.47. The third kappa shape index (κ3) is 9.00. The molecule has 0 amide bonds. The average Bonchev–Trinajstić information content (AvgIpc) is 3.31. The van der Waals surface area contributed by atoms with Crippen LogP contribution in [0.15, 0.2) is 54.6 Å². The number of hydrogen-bond donors (Lipinski definition) is 0. The maximum Gasteiger partial charge on any atom is 0.212 e. The fraction of sp³-hybridized carbons (Fsp3) is 0.0930. The number of carbonyl (C=O) groups is 1. The van der Waals surface area contributed by atoms with Crippen LogP contribution in [0.3, 0.4) is 0 Å². The Morgan fingerprint density at radius 1 is 0.456 bits per heavy atom. The summed E-state index contributed by atoms with van der Waals surface area (Å²) in [5.74, 6) is -68.1. The number of benzene rings is 6. The molecule has 0 aliphatic heterocycles. The maximum atomic E-state index is 15.4. The quantitative estimate of drug-likeness (QED) is 0.0276. The molecule has 6 aromatic rings. The number of carbonyl (C=O) groups excluding carboxylic acids is 1. The van der Waals surface area contributed by atoms with Gasteiger partial charge >= 0.3 is 0 Å². The molecule has 0 fully saturated rings. The fourth-order valence-corrected chi connectivity index (χ4v) is 7.91. The van der Waals surface area contributed by atoms with Crippen LogP contribution in [0.5, 0.6) is 5.75 Å². The van der Waals surface area contributed by atoms with Gasteiger partial charge in [-0.15, -0.1) is 21.9 Å². The van der Waals surface area contributed by atoms with Gasteiger partial charge in [-0.1, -0.05) is 22.4 Å². The first-order valence-electron chi connectivity index (χ1n) is 18.2. The molecule has 68 heavy (non-hydrogen) atoms. The van der Waals surface area contributed by atoms with Crippen molar-refractivity contribution in [3.8, 4) is 16.9 Å². The van der Waals surface area contributed by atoms with Crippen LogP contribution in [0.25, 0.3) is 0 Å². The van der Waals surface area contributed by atoms with E-state index in [9.17, 15) is 61.7 Å². The van der Waals surface area contributed by atoms with Crippen molar-refractivity contribution in [3.05, 3.63) is 182 Å². The summed E-state index contributed by atoms with van der Waals surface area (Å²) < 4.78 is 312. The monoisotopic (exact) mass is 1010 g/mol. The average molecular weight is 1010 g/mol. The summed E-state index contributed by atoms with van der Waals surface area (Å²) in [6, 6.07) is 16.2. The van der Waals surface area contributed by atoms with Crippen molar-refractivity contribution in [2.75, 3.05) is 18.6 Å². The van der Waals surface area contributed by atoms with Gasteiger partial charge in [-0.3, -0.25) is 4.79 Å². The van der Waals surface area contributed by atoms with Crippen molar-refractivity contribution in [1.82, 2.24) is 0 Å². The van der Waals surface area contributed by atoms with Gasteiger partial charge in [0, 0.05) is 11.1 Å². The van der Waals surface area contributed by atoms with Gasteiger partial charge in [0.15, 0.2) is 90.7 Å². The number of Topliss-reactive ketones (excluding diaryl/α,β-unsaturated/α-hetero) is 1. The van der Waals surface area contributed by atoms with E-state index in [4.69, 9.17) is 4.74 Å². The van der Waals surface area contributed by atoms with Gasteiger partial charge in [0.2, 0.25) is 5.78 Å².